The summed E-state index contributed by atoms with van der Waals surface area (Å²) in [5, 5.41) is 0.658. The lowest BCUT2D eigenvalue weighted by molar-refractivity contribution is 0.0779. The molecule has 0 saturated heterocycles. The lowest BCUT2D eigenvalue weighted by atomic mass is 10.1. The molecule has 1 aromatic carbocycles. The minimum atomic E-state index is -0.0823. The number of hydrogen-bond donors (Lipinski definition) is 0. The lowest BCUT2D eigenvalue weighted by Crippen LogP contribution is -2.28. The molecule has 0 N–H and O–H groups in total. The van der Waals surface area contributed by atoms with E-state index in [9.17, 15) is 4.79 Å². The third-order valence-corrected chi connectivity index (χ3v) is 4.90. The summed E-state index contributed by atoms with van der Waals surface area (Å²) < 4.78 is 5.38. The summed E-state index contributed by atoms with van der Waals surface area (Å²) in [6.45, 7) is 4.43. The van der Waals surface area contributed by atoms with Gasteiger partial charge in [0.05, 0.1) is 17.5 Å². The maximum absolute atomic E-state index is 13.1. The van der Waals surface area contributed by atoms with E-state index in [1.165, 1.54) is 17.3 Å². The van der Waals surface area contributed by atoms with Crippen molar-refractivity contribution in [1.82, 2.24) is 14.9 Å². The molecule has 1 amide bonds. The number of amides is 1. The van der Waals surface area contributed by atoms with E-state index in [-0.39, 0.29) is 5.91 Å². The van der Waals surface area contributed by atoms with Gasteiger partial charge in [-0.25, -0.2) is 9.97 Å². The summed E-state index contributed by atoms with van der Waals surface area (Å²) in [5.74, 6) is 1.01. The van der Waals surface area contributed by atoms with Gasteiger partial charge in [0.25, 0.3) is 5.91 Å². The monoisotopic (exact) mass is 367 g/mol. The van der Waals surface area contributed by atoms with E-state index in [0.717, 1.165) is 5.56 Å². The van der Waals surface area contributed by atoms with E-state index in [0.29, 0.717) is 34.4 Å². The van der Waals surface area contributed by atoms with Crippen molar-refractivity contribution in [3.05, 3.63) is 65.0 Å². The van der Waals surface area contributed by atoms with Crippen LogP contribution in [-0.4, -0.2) is 34.1 Å². The van der Waals surface area contributed by atoms with E-state index in [1.807, 2.05) is 50.4 Å². The Morgan fingerprint density at radius 3 is 2.58 bits per heavy atom. The van der Waals surface area contributed by atoms with E-state index in [4.69, 9.17) is 4.42 Å². The summed E-state index contributed by atoms with van der Waals surface area (Å²) in [7, 11) is 1.80. The van der Waals surface area contributed by atoms with Crippen LogP contribution in [0.1, 0.15) is 27.2 Å². The van der Waals surface area contributed by atoms with Crippen molar-refractivity contribution in [1.29, 1.82) is 0 Å². The fourth-order valence-corrected chi connectivity index (χ4v) is 3.38. The number of furan rings is 1. The van der Waals surface area contributed by atoms with Crippen LogP contribution in [0.2, 0.25) is 0 Å². The van der Waals surface area contributed by atoms with Gasteiger partial charge in [-0.15, -0.1) is 11.8 Å². The third-order valence-electron chi connectivity index (χ3n) is 4.22. The zero-order valence-corrected chi connectivity index (χ0v) is 16.1. The molecular weight excluding hydrogens is 346 g/mol. The third kappa shape index (κ3) is 3.65. The zero-order chi connectivity index (χ0) is 18.7. The average Bonchev–Trinajstić information content (AvgIpc) is 3.17. The van der Waals surface area contributed by atoms with E-state index in [1.54, 1.807) is 24.3 Å². The number of rotatable bonds is 5. The minimum absolute atomic E-state index is 0.0823. The van der Waals surface area contributed by atoms with Crippen molar-refractivity contribution < 1.29 is 9.21 Å². The quantitative estimate of drug-likeness (QED) is 0.496. The number of carbonyl (C=O) groups excluding carboxylic acids is 1. The number of aromatic nitrogens is 2. The van der Waals surface area contributed by atoms with Crippen LogP contribution >= 0.6 is 11.8 Å². The van der Waals surface area contributed by atoms with Gasteiger partial charge in [0.15, 0.2) is 11.6 Å². The minimum Gasteiger partial charge on any atom is -0.461 e. The van der Waals surface area contributed by atoms with Gasteiger partial charge in [-0.3, -0.25) is 4.79 Å². The Kier molecular flexibility index (Phi) is 5.42. The van der Waals surface area contributed by atoms with Crippen LogP contribution in [0.15, 0.2) is 52.1 Å². The average molecular weight is 367 g/mol. The predicted octanol–water partition coefficient (Wildman–Crippen LogP) is 4.35. The molecule has 0 saturated carbocycles. The van der Waals surface area contributed by atoms with Gasteiger partial charge < -0.3 is 9.32 Å². The number of thioether (sulfide) groups is 1. The molecule has 2 heterocycles. The first kappa shape index (κ1) is 18.2. The molecule has 0 fully saturated rings. The Hall–Kier alpha value is -2.60. The Labute approximate surface area is 157 Å². The van der Waals surface area contributed by atoms with Crippen molar-refractivity contribution in [3.63, 3.8) is 0 Å². The first-order chi connectivity index (χ1) is 12.5. The van der Waals surface area contributed by atoms with Crippen LogP contribution in [0.25, 0.3) is 11.6 Å². The van der Waals surface area contributed by atoms with Crippen molar-refractivity contribution in [2.45, 2.75) is 25.4 Å². The van der Waals surface area contributed by atoms with Crippen molar-refractivity contribution in [2.24, 2.45) is 0 Å². The standard InChI is InChI=1S/C20H21N3O2S/c1-13-8-5-6-9-15(13)12-23(3)20(24)17-14(2)21-18(22-19(17)26-4)16-10-7-11-25-16/h5-11H,12H2,1-4H3. The fourth-order valence-electron chi connectivity index (χ4n) is 2.76. The van der Waals surface area contributed by atoms with E-state index >= 15 is 0 Å². The highest BCUT2D eigenvalue weighted by molar-refractivity contribution is 7.98. The Morgan fingerprint density at radius 1 is 1.15 bits per heavy atom. The number of benzene rings is 1. The van der Waals surface area contributed by atoms with Crippen LogP contribution < -0.4 is 0 Å². The molecule has 134 valence electrons. The maximum Gasteiger partial charge on any atom is 0.258 e. The number of nitrogens with zero attached hydrogens (tertiary/aromatic N) is 3. The molecular formula is C20H21N3O2S. The second-order valence-electron chi connectivity index (χ2n) is 6.08. The molecule has 0 bridgehead atoms. The number of aryl methyl sites for hydroxylation is 2. The lowest BCUT2D eigenvalue weighted by Gasteiger charge is -2.20. The first-order valence-electron chi connectivity index (χ1n) is 8.27. The van der Waals surface area contributed by atoms with Gasteiger partial charge in [-0.2, -0.15) is 0 Å². The van der Waals surface area contributed by atoms with Crippen LogP contribution in [0, 0.1) is 13.8 Å². The van der Waals surface area contributed by atoms with Gasteiger partial charge >= 0.3 is 0 Å². The SMILES string of the molecule is CSc1nc(-c2ccco2)nc(C)c1C(=O)N(C)Cc1ccccc1C. The predicted molar refractivity (Wildman–Crippen MR) is 103 cm³/mol. The van der Waals surface area contributed by atoms with Gasteiger partial charge in [0, 0.05) is 13.6 Å². The highest BCUT2D eigenvalue weighted by Crippen LogP contribution is 2.26. The smallest absolute Gasteiger partial charge is 0.258 e. The molecule has 2 aromatic heterocycles. The van der Waals surface area contributed by atoms with E-state index < -0.39 is 0 Å². The molecule has 3 aromatic rings. The van der Waals surface area contributed by atoms with Crippen molar-refractivity contribution in [3.8, 4) is 11.6 Å². The second-order valence-corrected chi connectivity index (χ2v) is 6.88. The Bertz CT molecular complexity index is 923. The molecule has 5 nitrogen and oxygen atoms in total. The molecule has 26 heavy (non-hydrogen) atoms. The highest BCUT2D eigenvalue weighted by Gasteiger charge is 2.22. The second kappa shape index (κ2) is 7.74. The molecule has 6 heteroatoms. The van der Waals surface area contributed by atoms with Crippen molar-refractivity contribution >= 4 is 17.7 Å². The molecule has 0 spiro atoms. The number of hydrogen-bond acceptors (Lipinski definition) is 5. The van der Waals surface area contributed by atoms with Gasteiger partial charge in [-0.1, -0.05) is 24.3 Å². The Morgan fingerprint density at radius 2 is 1.92 bits per heavy atom. The first-order valence-corrected chi connectivity index (χ1v) is 9.50. The van der Waals surface area contributed by atoms with Crippen molar-refractivity contribution in [2.75, 3.05) is 13.3 Å². The summed E-state index contributed by atoms with van der Waals surface area (Å²) in [5.41, 5.74) is 3.49. The van der Waals surface area contributed by atoms with Crippen LogP contribution in [-0.2, 0) is 6.54 Å². The highest BCUT2D eigenvalue weighted by atomic mass is 32.2. The van der Waals surface area contributed by atoms with Crippen LogP contribution in [0.3, 0.4) is 0 Å². The fraction of sp³-hybridized carbons (Fsp3) is 0.250. The number of carbonyl (C=O) groups is 1. The summed E-state index contributed by atoms with van der Waals surface area (Å²) in [4.78, 5) is 23.8. The zero-order valence-electron chi connectivity index (χ0n) is 15.3. The van der Waals surface area contributed by atoms with Gasteiger partial charge in [-0.05, 0) is 43.4 Å². The van der Waals surface area contributed by atoms with E-state index in [2.05, 4.69) is 9.97 Å². The largest absolute Gasteiger partial charge is 0.461 e. The molecule has 0 radical (unpaired) electrons. The molecule has 0 aliphatic carbocycles. The van der Waals surface area contributed by atoms with Crippen LogP contribution in [0.5, 0.6) is 0 Å². The molecule has 0 atom stereocenters. The molecule has 0 aliphatic heterocycles. The van der Waals surface area contributed by atoms with Gasteiger partial charge in [0.1, 0.15) is 5.03 Å². The van der Waals surface area contributed by atoms with Gasteiger partial charge in [0.2, 0.25) is 0 Å². The maximum atomic E-state index is 13.1. The summed E-state index contributed by atoms with van der Waals surface area (Å²) in [6.07, 6.45) is 3.49. The topological polar surface area (TPSA) is 59.2 Å². The molecule has 0 unspecified atom stereocenters. The Balaban J connectivity index is 1.92. The summed E-state index contributed by atoms with van der Waals surface area (Å²) >= 11 is 1.44. The normalized spacial score (nSPS) is 10.8. The summed E-state index contributed by atoms with van der Waals surface area (Å²) in [6, 6.07) is 11.7. The molecule has 3 rings (SSSR count). The van der Waals surface area contributed by atoms with Crippen LogP contribution in [0.4, 0.5) is 0 Å². The molecule has 0 aliphatic rings.